The maximum absolute atomic E-state index is 12.9. The van der Waals surface area contributed by atoms with Crippen LogP contribution in [0.15, 0.2) is 53.4 Å². The van der Waals surface area contributed by atoms with Gasteiger partial charge in [0, 0.05) is 31.3 Å². The zero-order valence-electron chi connectivity index (χ0n) is 18.0. The molecule has 0 aliphatic carbocycles. The van der Waals surface area contributed by atoms with Gasteiger partial charge in [0.15, 0.2) is 11.5 Å². The van der Waals surface area contributed by atoms with Gasteiger partial charge in [0.25, 0.3) is 0 Å². The Hall–Kier alpha value is -2.84. The van der Waals surface area contributed by atoms with Gasteiger partial charge in [-0.15, -0.1) is 0 Å². The maximum atomic E-state index is 12.9. The van der Waals surface area contributed by atoms with E-state index in [-0.39, 0.29) is 10.8 Å². The van der Waals surface area contributed by atoms with Crippen LogP contribution in [0.25, 0.3) is 6.08 Å². The summed E-state index contributed by atoms with van der Waals surface area (Å²) in [6.07, 6.45) is 7.06. The summed E-state index contributed by atoms with van der Waals surface area (Å²) in [6, 6.07) is 12.2. The van der Waals surface area contributed by atoms with E-state index in [9.17, 15) is 13.2 Å². The quantitative estimate of drug-likeness (QED) is 0.674. The van der Waals surface area contributed by atoms with Gasteiger partial charge in [-0.25, -0.2) is 8.42 Å². The molecule has 0 saturated carbocycles. The van der Waals surface area contributed by atoms with E-state index in [0.717, 1.165) is 36.8 Å². The summed E-state index contributed by atoms with van der Waals surface area (Å²) in [5.41, 5.74) is 1.61. The number of para-hydroxylation sites is 1. The highest BCUT2D eigenvalue weighted by atomic mass is 32.2. The Morgan fingerprint density at radius 3 is 2.44 bits per heavy atom. The fourth-order valence-electron chi connectivity index (χ4n) is 3.87. The van der Waals surface area contributed by atoms with Gasteiger partial charge in [-0.1, -0.05) is 37.1 Å². The molecule has 32 heavy (non-hydrogen) atoms. The summed E-state index contributed by atoms with van der Waals surface area (Å²) in [6.45, 7) is 2.48. The van der Waals surface area contributed by atoms with Crippen LogP contribution in [0.5, 0.6) is 11.5 Å². The van der Waals surface area contributed by atoms with Crippen molar-refractivity contribution in [2.75, 3.05) is 26.3 Å². The van der Waals surface area contributed by atoms with Crippen LogP contribution in [0.1, 0.15) is 36.8 Å². The highest BCUT2D eigenvalue weighted by Crippen LogP contribution is 2.33. The number of hydrogen-bond acceptors (Lipinski definition) is 5. The van der Waals surface area contributed by atoms with Crippen molar-refractivity contribution < 1.29 is 22.7 Å². The monoisotopic (exact) mass is 456 g/mol. The average Bonchev–Trinajstić information content (AvgIpc) is 3.12. The van der Waals surface area contributed by atoms with Crippen molar-refractivity contribution in [1.82, 2.24) is 9.62 Å². The molecular weight excluding hydrogens is 428 g/mol. The number of hydrogen-bond donors (Lipinski definition) is 1. The summed E-state index contributed by atoms with van der Waals surface area (Å²) in [5, 5.41) is 2.84. The number of nitrogens with one attached hydrogen (secondary N) is 1. The van der Waals surface area contributed by atoms with Gasteiger partial charge in [-0.2, -0.15) is 4.31 Å². The molecule has 2 heterocycles. The van der Waals surface area contributed by atoms with E-state index < -0.39 is 10.0 Å². The number of nitrogens with zero attached hydrogens (tertiary/aromatic N) is 1. The molecule has 0 bridgehead atoms. The third-order valence-corrected chi connectivity index (χ3v) is 7.52. The zero-order chi connectivity index (χ0) is 22.4. The highest BCUT2D eigenvalue weighted by molar-refractivity contribution is 7.89. The molecule has 0 aromatic heterocycles. The number of benzene rings is 2. The molecule has 1 N–H and O–H groups in total. The summed E-state index contributed by atoms with van der Waals surface area (Å²) >= 11 is 0. The third-order valence-electron chi connectivity index (χ3n) is 5.61. The summed E-state index contributed by atoms with van der Waals surface area (Å²) < 4.78 is 38.5. The first-order valence-corrected chi connectivity index (χ1v) is 12.4. The summed E-state index contributed by atoms with van der Waals surface area (Å²) in [5.74, 6) is 1.11. The number of carbonyl (C=O) groups excluding carboxylic acids is 1. The van der Waals surface area contributed by atoms with Gasteiger partial charge in [0.2, 0.25) is 15.9 Å². The van der Waals surface area contributed by atoms with Gasteiger partial charge in [0.05, 0.1) is 4.90 Å². The fraction of sp³-hybridized carbons (Fsp3) is 0.375. The smallest absolute Gasteiger partial charge is 0.244 e. The zero-order valence-corrected chi connectivity index (χ0v) is 18.8. The predicted molar refractivity (Wildman–Crippen MR) is 122 cm³/mol. The molecule has 2 aromatic rings. The first-order chi connectivity index (χ1) is 15.5. The van der Waals surface area contributed by atoms with E-state index in [1.54, 1.807) is 34.6 Å². The van der Waals surface area contributed by atoms with Crippen molar-refractivity contribution in [1.29, 1.82) is 0 Å². The van der Waals surface area contributed by atoms with Crippen LogP contribution in [0.4, 0.5) is 0 Å². The van der Waals surface area contributed by atoms with Crippen LogP contribution >= 0.6 is 0 Å². The van der Waals surface area contributed by atoms with E-state index in [0.29, 0.717) is 44.3 Å². The van der Waals surface area contributed by atoms with Crippen molar-refractivity contribution in [2.45, 2.75) is 37.1 Å². The van der Waals surface area contributed by atoms with E-state index in [2.05, 4.69) is 5.32 Å². The Kier molecular flexibility index (Phi) is 7.12. The van der Waals surface area contributed by atoms with Crippen LogP contribution in [0.3, 0.4) is 0 Å². The van der Waals surface area contributed by atoms with Crippen LogP contribution < -0.4 is 14.8 Å². The SMILES string of the molecule is O=C(/C=C/c1ccc(S(=O)(=O)N2CCCCCC2)cc1)NCc1cccc2c1OCCO2. The first-order valence-electron chi connectivity index (χ1n) is 11.0. The number of carbonyl (C=O) groups is 1. The molecule has 2 aliphatic rings. The minimum absolute atomic E-state index is 0.249. The maximum Gasteiger partial charge on any atom is 0.244 e. The van der Waals surface area contributed by atoms with Gasteiger partial charge in [0.1, 0.15) is 13.2 Å². The Bertz CT molecular complexity index is 1070. The van der Waals surface area contributed by atoms with Crippen LogP contribution in [-0.2, 0) is 21.4 Å². The molecule has 0 radical (unpaired) electrons. The Morgan fingerprint density at radius 2 is 1.69 bits per heavy atom. The Morgan fingerprint density at radius 1 is 0.969 bits per heavy atom. The lowest BCUT2D eigenvalue weighted by molar-refractivity contribution is -0.116. The van der Waals surface area contributed by atoms with E-state index in [1.807, 2.05) is 18.2 Å². The second-order valence-corrected chi connectivity index (χ2v) is 9.82. The van der Waals surface area contributed by atoms with Gasteiger partial charge in [-0.3, -0.25) is 4.79 Å². The molecule has 0 spiro atoms. The first kappa shape index (κ1) is 22.4. The largest absolute Gasteiger partial charge is 0.486 e. The van der Waals surface area contributed by atoms with Crippen LogP contribution in [0, 0.1) is 0 Å². The summed E-state index contributed by atoms with van der Waals surface area (Å²) in [4.78, 5) is 12.5. The standard InChI is InChI=1S/C24H28N2O5S/c27-23(25-18-20-6-5-7-22-24(20)31-17-16-30-22)13-10-19-8-11-21(12-9-19)32(28,29)26-14-3-1-2-4-15-26/h5-13H,1-4,14-18H2,(H,25,27)/b13-10+. The number of sulfonamides is 1. The second-order valence-electron chi connectivity index (χ2n) is 7.88. The molecule has 8 heteroatoms. The predicted octanol–water partition coefficient (Wildman–Crippen LogP) is 3.35. The number of amides is 1. The van der Waals surface area contributed by atoms with Crippen molar-refractivity contribution in [3.05, 3.63) is 59.7 Å². The molecule has 0 atom stereocenters. The van der Waals surface area contributed by atoms with Crippen molar-refractivity contribution in [3.63, 3.8) is 0 Å². The number of fused-ring (bicyclic) bond motifs is 1. The van der Waals surface area contributed by atoms with Gasteiger partial charge in [-0.05, 0) is 42.7 Å². The minimum Gasteiger partial charge on any atom is -0.486 e. The lowest BCUT2D eigenvalue weighted by atomic mass is 10.1. The molecule has 1 amide bonds. The average molecular weight is 457 g/mol. The van der Waals surface area contributed by atoms with Crippen molar-refractivity contribution >= 4 is 22.0 Å². The lowest BCUT2D eigenvalue weighted by Gasteiger charge is -2.20. The van der Waals surface area contributed by atoms with Crippen molar-refractivity contribution in [3.8, 4) is 11.5 Å². The minimum atomic E-state index is -3.47. The van der Waals surface area contributed by atoms with E-state index >= 15 is 0 Å². The molecule has 2 aliphatic heterocycles. The molecule has 4 rings (SSSR count). The topological polar surface area (TPSA) is 84.9 Å². The second kappa shape index (κ2) is 10.2. The highest BCUT2D eigenvalue weighted by Gasteiger charge is 2.24. The van der Waals surface area contributed by atoms with Crippen LogP contribution in [0.2, 0.25) is 0 Å². The summed E-state index contributed by atoms with van der Waals surface area (Å²) in [7, 11) is -3.47. The molecule has 7 nitrogen and oxygen atoms in total. The van der Waals surface area contributed by atoms with Gasteiger partial charge >= 0.3 is 0 Å². The van der Waals surface area contributed by atoms with E-state index in [4.69, 9.17) is 9.47 Å². The van der Waals surface area contributed by atoms with E-state index in [1.165, 1.54) is 6.08 Å². The fourth-order valence-corrected chi connectivity index (χ4v) is 5.39. The molecule has 1 saturated heterocycles. The molecular formula is C24H28N2O5S. The third kappa shape index (κ3) is 5.31. The number of rotatable bonds is 6. The lowest BCUT2D eigenvalue weighted by Crippen LogP contribution is -2.31. The Balaban J connectivity index is 1.35. The molecule has 1 fully saturated rings. The van der Waals surface area contributed by atoms with Crippen molar-refractivity contribution in [2.24, 2.45) is 0 Å². The van der Waals surface area contributed by atoms with Crippen LogP contribution in [-0.4, -0.2) is 44.9 Å². The molecule has 2 aromatic carbocycles. The number of ether oxygens (including phenoxy) is 2. The Labute approximate surface area is 189 Å². The molecule has 170 valence electrons. The van der Waals surface area contributed by atoms with Gasteiger partial charge < -0.3 is 14.8 Å². The normalized spacial score (nSPS) is 17.1. The molecule has 0 unspecified atom stereocenters.